The Bertz CT molecular complexity index is 136. The highest BCUT2D eigenvalue weighted by molar-refractivity contribution is 4.72. The Balaban J connectivity index is 2.18. The fourth-order valence-corrected chi connectivity index (χ4v) is 2.05. The Morgan fingerprint density at radius 1 is 1.46 bits per heavy atom. The van der Waals surface area contributed by atoms with Gasteiger partial charge in [-0.25, -0.2) is 0 Å². The topological polar surface area (TPSA) is 35.2 Å². The summed E-state index contributed by atoms with van der Waals surface area (Å²) in [5.41, 5.74) is 5.65. The van der Waals surface area contributed by atoms with Crippen molar-refractivity contribution >= 4 is 0 Å². The van der Waals surface area contributed by atoms with Crippen molar-refractivity contribution in [3.05, 3.63) is 0 Å². The van der Waals surface area contributed by atoms with Gasteiger partial charge in [0.05, 0.1) is 12.7 Å². The van der Waals surface area contributed by atoms with Crippen LogP contribution in [0.5, 0.6) is 0 Å². The summed E-state index contributed by atoms with van der Waals surface area (Å²) < 4.78 is 5.75. The van der Waals surface area contributed by atoms with E-state index in [9.17, 15) is 0 Å². The molecule has 1 rings (SSSR count). The van der Waals surface area contributed by atoms with Crippen LogP contribution in [0.4, 0.5) is 0 Å². The lowest BCUT2D eigenvalue weighted by atomic mass is 9.85. The molecule has 0 radical (unpaired) electrons. The molecule has 2 N–H and O–H groups in total. The average molecular weight is 185 g/mol. The Kier molecular flexibility index (Phi) is 4.74. The molecule has 78 valence electrons. The van der Waals surface area contributed by atoms with E-state index in [1.54, 1.807) is 0 Å². The van der Waals surface area contributed by atoms with Crippen LogP contribution in [0, 0.1) is 5.92 Å². The van der Waals surface area contributed by atoms with Crippen LogP contribution in [0.1, 0.15) is 46.0 Å². The van der Waals surface area contributed by atoms with Gasteiger partial charge in [0, 0.05) is 6.04 Å². The zero-order chi connectivity index (χ0) is 9.68. The summed E-state index contributed by atoms with van der Waals surface area (Å²) in [6.45, 7) is 5.00. The number of hydrogen-bond acceptors (Lipinski definition) is 2. The molecule has 1 aliphatic rings. The van der Waals surface area contributed by atoms with Gasteiger partial charge < -0.3 is 10.5 Å². The molecule has 2 unspecified atom stereocenters. The van der Waals surface area contributed by atoms with Crippen LogP contribution in [0.25, 0.3) is 0 Å². The summed E-state index contributed by atoms with van der Waals surface area (Å²) in [6.07, 6.45) is 7.02. The van der Waals surface area contributed by atoms with Crippen molar-refractivity contribution in [3.63, 3.8) is 0 Å². The van der Waals surface area contributed by atoms with E-state index in [0.717, 1.165) is 12.5 Å². The van der Waals surface area contributed by atoms with Gasteiger partial charge in [-0.3, -0.25) is 0 Å². The molecule has 2 heteroatoms. The monoisotopic (exact) mass is 185 g/mol. The summed E-state index contributed by atoms with van der Waals surface area (Å²) >= 11 is 0. The summed E-state index contributed by atoms with van der Waals surface area (Å²) in [5.74, 6) is 0.895. The molecule has 0 spiro atoms. The summed E-state index contributed by atoms with van der Waals surface area (Å²) in [6, 6.07) is 0.182. The molecular weight excluding hydrogens is 162 g/mol. The lowest BCUT2D eigenvalue weighted by Gasteiger charge is -2.28. The lowest BCUT2D eigenvalue weighted by molar-refractivity contribution is 0.00768. The van der Waals surface area contributed by atoms with Crippen molar-refractivity contribution in [2.24, 2.45) is 11.7 Å². The van der Waals surface area contributed by atoms with E-state index >= 15 is 0 Å². The molecule has 0 bridgehead atoms. The van der Waals surface area contributed by atoms with Crippen LogP contribution < -0.4 is 5.73 Å². The van der Waals surface area contributed by atoms with Gasteiger partial charge in [0.2, 0.25) is 0 Å². The SMILES string of the molecule is CCC1CCCC(OC[C@@H](C)N)C1. The van der Waals surface area contributed by atoms with Gasteiger partial charge in [-0.05, 0) is 25.7 Å². The van der Waals surface area contributed by atoms with Crippen molar-refractivity contribution in [2.75, 3.05) is 6.61 Å². The third kappa shape index (κ3) is 4.10. The minimum atomic E-state index is 0.182. The van der Waals surface area contributed by atoms with Crippen LogP contribution in [0.15, 0.2) is 0 Å². The van der Waals surface area contributed by atoms with Gasteiger partial charge in [0.25, 0.3) is 0 Å². The molecule has 0 aromatic rings. The van der Waals surface area contributed by atoms with Gasteiger partial charge in [-0.2, -0.15) is 0 Å². The molecule has 0 saturated heterocycles. The second-order valence-electron chi connectivity index (χ2n) is 4.37. The van der Waals surface area contributed by atoms with E-state index in [4.69, 9.17) is 10.5 Å². The first kappa shape index (κ1) is 11.0. The largest absolute Gasteiger partial charge is 0.377 e. The van der Waals surface area contributed by atoms with Crippen molar-refractivity contribution in [2.45, 2.75) is 58.1 Å². The molecule has 1 saturated carbocycles. The minimum absolute atomic E-state index is 0.182. The Labute approximate surface area is 81.8 Å². The van der Waals surface area contributed by atoms with Crippen LogP contribution in [-0.4, -0.2) is 18.8 Å². The van der Waals surface area contributed by atoms with Crippen molar-refractivity contribution in [1.82, 2.24) is 0 Å². The molecule has 13 heavy (non-hydrogen) atoms. The van der Waals surface area contributed by atoms with E-state index in [2.05, 4.69) is 6.92 Å². The Morgan fingerprint density at radius 2 is 2.23 bits per heavy atom. The van der Waals surface area contributed by atoms with Gasteiger partial charge in [-0.1, -0.05) is 26.2 Å². The van der Waals surface area contributed by atoms with Gasteiger partial charge in [0.15, 0.2) is 0 Å². The maximum absolute atomic E-state index is 5.75. The van der Waals surface area contributed by atoms with E-state index in [1.165, 1.54) is 32.1 Å². The first-order valence-corrected chi connectivity index (χ1v) is 5.59. The average Bonchev–Trinajstić information content (AvgIpc) is 2.15. The number of rotatable bonds is 4. The van der Waals surface area contributed by atoms with Crippen molar-refractivity contribution in [1.29, 1.82) is 0 Å². The van der Waals surface area contributed by atoms with E-state index in [-0.39, 0.29) is 6.04 Å². The summed E-state index contributed by atoms with van der Waals surface area (Å²) in [4.78, 5) is 0. The second-order valence-corrected chi connectivity index (χ2v) is 4.37. The Morgan fingerprint density at radius 3 is 2.85 bits per heavy atom. The summed E-state index contributed by atoms with van der Waals surface area (Å²) in [5, 5.41) is 0. The highest BCUT2D eigenvalue weighted by atomic mass is 16.5. The zero-order valence-electron chi connectivity index (χ0n) is 8.96. The van der Waals surface area contributed by atoms with Gasteiger partial charge in [0.1, 0.15) is 0 Å². The third-order valence-corrected chi connectivity index (χ3v) is 2.91. The minimum Gasteiger partial charge on any atom is -0.377 e. The number of ether oxygens (including phenoxy) is 1. The molecule has 3 atom stereocenters. The third-order valence-electron chi connectivity index (χ3n) is 2.91. The maximum atomic E-state index is 5.75. The molecule has 0 aromatic carbocycles. The van der Waals surface area contributed by atoms with Crippen LogP contribution in [-0.2, 0) is 4.74 Å². The van der Waals surface area contributed by atoms with E-state index < -0.39 is 0 Å². The predicted molar refractivity (Wildman–Crippen MR) is 55.6 cm³/mol. The molecule has 0 aliphatic heterocycles. The summed E-state index contributed by atoms with van der Waals surface area (Å²) in [7, 11) is 0. The van der Waals surface area contributed by atoms with Gasteiger partial charge in [-0.15, -0.1) is 0 Å². The standard InChI is InChI=1S/C11H23NO/c1-3-10-5-4-6-11(7-10)13-8-9(2)12/h9-11H,3-8,12H2,1-2H3/t9-,10?,11?/m1/s1. The zero-order valence-corrected chi connectivity index (χ0v) is 8.96. The second kappa shape index (κ2) is 5.61. The smallest absolute Gasteiger partial charge is 0.0618 e. The fourth-order valence-electron chi connectivity index (χ4n) is 2.05. The lowest BCUT2D eigenvalue weighted by Crippen LogP contribution is -2.29. The van der Waals surface area contributed by atoms with Crippen molar-refractivity contribution < 1.29 is 4.74 Å². The van der Waals surface area contributed by atoms with E-state index in [0.29, 0.717) is 6.10 Å². The van der Waals surface area contributed by atoms with Crippen LogP contribution >= 0.6 is 0 Å². The predicted octanol–water partition coefficient (Wildman–Crippen LogP) is 2.32. The maximum Gasteiger partial charge on any atom is 0.0618 e. The number of hydrogen-bond donors (Lipinski definition) is 1. The Hall–Kier alpha value is -0.0800. The molecule has 0 amide bonds. The first-order valence-electron chi connectivity index (χ1n) is 5.59. The van der Waals surface area contributed by atoms with Crippen LogP contribution in [0.3, 0.4) is 0 Å². The molecule has 0 aromatic heterocycles. The normalized spacial score (nSPS) is 31.6. The van der Waals surface area contributed by atoms with Crippen molar-refractivity contribution in [3.8, 4) is 0 Å². The quantitative estimate of drug-likeness (QED) is 0.729. The number of nitrogens with two attached hydrogens (primary N) is 1. The molecule has 1 fully saturated rings. The van der Waals surface area contributed by atoms with Crippen LogP contribution in [0.2, 0.25) is 0 Å². The fraction of sp³-hybridized carbons (Fsp3) is 1.00. The first-order chi connectivity index (χ1) is 6.22. The highest BCUT2D eigenvalue weighted by Gasteiger charge is 2.21. The highest BCUT2D eigenvalue weighted by Crippen LogP contribution is 2.28. The molecule has 2 nitrogen and oxygen atoms in total. The molecule has 0 heterocycles. The van der Waals surface area contributed by atoms with Gasteiger partial charge >= 0.3 is 0 Å². The van der Waals surface area contributed by atoms with E-state index in [1.807, 2.05) is 6.92 Å². The molecular formula is C11H23NO. The molecule has 1 aliphatic carbocycles.